The first-order valence-corrected chi connectivity index (χ1v) is 8.02. The number of fused-ring (bicyclic) bond motifs is 3. The van der Waals surface area contributed by atoms with Crippen molar-refractivity contribution in [2.45, 2.75) is 6.18 Å². The maximum atomic E-state index is 12.9. The molecule has 4 rings (SSSR count). The minimum absolute atomic E-state index is 0.0590. The molecule has 0 aliphatic carbocycles. The molecule has 0 bridgehead atoms. The second-order valence-electron chi connectivity index (χ2n) is 5.46. The first-order valence-electron chi connectivity index (χ1n) is 7.23. The number of nitrogens with zero attached hydrogens (tertiary/aromatic N) is 3. The lowest BCUT2D eigenvalue weighted by Gasteiger charge is -2.26. The number of hydrogen-bond donors (Lipinski definition) is 0. The molecule has 0 fully saturated rings. The van der Waals surface area contributed by atoms with Crippen molar-refractivity contribution in [2.75, 3.05) is 10.0 Å². The smallest absolute Gasteiger partial charge is 0.416 e. The quantitative estimate of drug-likeness (QED) is 0.722. The van der Waals surface area contributed by atoms with Crippen molar-refractivity contribution >= 4 is 31.8 Å². The average Bonchev–Trinajstić information content (AvgIpc) is 2.92. The van der Waals surface area contributed by atoms with Gasteiger partial charge in [-0.1, -0.05) is 40.2 Å². The van der Waals surface area contributed by atoms with E-state index in [0.717, 1.165) is 22.7 Å². The van der Waals surface area contributed by atoms with Gasteiger partial charge in [-0.3, -0.25) is 5.01 Å². The lowest BCUT2D eigenvalue weighted by Crippen LogP contribution is -2.37. The zero-order valence-electron chi connectivity index (χ0n) is 12.5. The van der Waals surface area contributed by atoms with Gasteiger partial charge in [0.15, 0.2) is 0 Å². The number of rotatable bonds is 1. The standard InChI is InChI=1S/C17H10BrF3N3O/c18-13-9-15-16(25)23(11-5-3-4-10(8-11)17(19,20)21)22-24(15)14-7-2-1-6-12(13)14/h1-9,25H/p-1. The minimum atomic E-state index is -4.49. The maximum absolute atomic E-state index is 12.9. The SMILES string of the molecule is [O-]C1=C2C=C(Br)c3ccccc3N2[N]N1c1cccc(C(F)(F)F)c1. The molecule has 2 aromatic carbocycles. The summed E-state index contributed by atoms with van der Waals surface area (Å²) in [7, 11) is 0. The molecule has 2 aliphatic heterocycles. The first kappa shape index (κ1) is 16.0. The Bertz CT molecular complexity index is 923. The van der Waals surface area contributed by atoms with E-state index in [0.29, 0.717) is 10.2 Å². The molecule has 25 heavy (non-hydrogen) atoms. The molecule has 0 saturated carbocycles. The summed E-state index contributed by atoms with van der Waals surface area (Å²) >= 11 is 3.42. The molecule has 4 nitrogen and oxygen atoms in total. The molecule has 2 heterocycles. The summed E-state index contributed by atoms with van der Waals surface area (Å²) in [4.78, 5) is 0. The molecule has 2 aliphatic rings. The van der Waals surface area contributed by atoms with Crippen molar-refractivity contribution in [3.8, 4) is 0 Å². The van der Waals surface area contributed by atoms with Crippen LogP contribution in [-0.2, 0) is 6.18 Å². The van der Waals surface area contributed by atoms with Gasteiger partial charge in [0.2, 0.25) is 0 Å². The second-order valence-corrected chi connectivity index (χ2v) is 6.32. The zero-order chi connectivity index (χ0) is 17.8. The summed E-state index contributed by atoms with van der Waals surface area (Å²) in [6.07, 6.45) is -2.88. The van der Waals surface area contributed by atoms with Crippen LogP contribution in [-0.4, -0.2) is 0 Å². The van der Waals surface area contributed by atoms with Gasteiger partial charge in [0, 0.05) is 15.9 Å². The summed E-state index contributed by atoms with van der Waals surface area (Å²) in [6.45, 7) is 0. The lowest BCUT2D eigenvalue weighted by atomic mass is 10.1. The van der Waals surface area contributed by atoms with Gasteiger partial charge in [-0.15, -0.1) is 0 Å². The molecular weight excluding hydrogens is 399 g/mol. The normalized spacial score (nSPS) is 16.7. The highest BCUT2D eigenvalue weighted by atomic mass is 79.9. The fourth-order valence-electron chi connectivity index (χ4n) is 2.72. The van der Waals surface area contributed by atoms with E-state index in [1.54, 1.807) is 18.2 Å². The summed E-state index contributed by atoms with van der Waals surface area (Å²) in [5.74, 6) is -0.495. The molecule has 0 amide bonds. The minimum Gasteiger partial charge on any atom is -0.857 e. The number of hydrogen-bond acceptors (Lipinski definition) is 3. The summed E-state index contributed by atoms with van der Waals surface area (Å²) in [5.41, 5.74) is 5.22. The molecular formula is C17H9BrF3N3O-. The van der Waals surface area contributed by atoms with Crippen LogP contribution in [0.5, 0.6) is 0 Å². The van der Waals surface area contributed by atoms with Gasteiger partial charge in [-0.2, -0.15) is 13.2 Å². The third kappa shape index (κ3) is 2.58. The largest absolute Gasteiger partial charge is 0.857 e. The van der Waals surface area contributed by atoms with Crippen LogP contribution in [0.2, 0.25) is 0 Å². The Morgan fingerprint density at radius 1 is 1.00 bits per heavy atom. The average molecular weight is 408 g/mol. The highest BCUT2D eigenvalue weighted by Crippen LogP contribution is 2.42. The van der Waals surface area contributed by atoms with Crippen LogP contribution in [0.4, 0.5) is 24.5 Å². The Labute approximate surface area is 149 Å². The van der Waals surface area contributed by atoms with Crippen LogP contribution in [0.3, 0.4) is 0 Å². The van der Waals surface area contributed by atoms with Crippen LogP contribution < -0.4 is 20.7 Å². The maximum Gasteiger partial charge on any atom is 0.416 e. The van der Waals surface area contributed by atoms with E-state index < -0.39 is 17.6 Å². The number of benzene rings is 2. The highest BCUT2D eigenvalue weighted by molar-refractivity contribution is 9.15. The van der Waals surface area contributed by atoms with Crippen molar-refractivity contribution < 1.29 is 18.3 Å². The van der Waals surface area contributed by atoms with E-state index >= 15 is 0 Å². The Kier molecular flexibility index (Phi) is 3.55. The third-order valence-electron chi connectivity index (χ3n) is 3.89. The number of para-hydroxylation sites is 1. The van der Waals surface area contributed by atoms with Gasteiger partial charge >= 0.3 is 6.18 Å². The molecule has 0 aromatic heterocycles. The second kappa shape index (κ2) is 5.53. The Morgan fingerprint density at radius 2 is 1.76 bits per heavy atom. The van der Waals surface area contributed by atoms with E-state index in [4.69, 9.17) is 0 Å². The van der Waals surface area contributed by atoms with Crippen LogP contribution >= 0.6 is 15.9 Å². The molecule has 0 saturated heterocycles. The molecule has 2 aromatic rings. The fourth-order valence-corrected chi connectivity index (χ4v) is 3.27. The number of halogens is 4. The van der Waals surface area contributed by atoms with Crippen LogP contribution in [0.25, 0.3) is 4.48 Å². The van der Waals surface area contributed by atoms with Gasteiger partial charge < -0.3 is 5.11 Å². The van der Waals surface area contributed by atoms with Crippen molar-refractivity contribution in [1.82, 2.24) is 5.53 Å². The van der Waals surface area contributed by atoms with Crippen molar-refractivity contribution in [2.24, 2.45) is 0 Å². The Hall–Kier alpha value is -2.45. The first-order chi connectivity index (χ1) is 11.9. The number of allylic oxidation sites excluding steroid dienone is 1. The Morgan fingerprint density at radius 3 is 2.52 bits per heavy atom. The van der Waals surface area contributed by atoms with E-state index in [1.807, 2.05) is 12.1 Å². The van der Waals surface area contributed by atoms with Crippen LogP contribution in [0, 0.1) is 0 Å². The van der Waals surface area contributed by atoms with Gasteiger partial charge in [0.05, 0.1) is 22.6 Å². The molecule has 8 heteroatoms. The van der Waals surface area contributed by atoms with Gasteiger partial charge in [0.25, 0.3) is 0 Å². The predicted octanol–water partition coefficient (Wildman–Crippen LogP) is 3.75. The number of anilines is 2. The van der Waals surface area contributed by atoms with E-state index in [9.17, 15) is 18.3 Å². The number of alkyl halides is 3. The monoisotopic (exact) mass is 407 g/mol. The van der Waals surface area contributed by atoms with Gasteiger partial charge in [-0.25, -0.2) is 5.01 Å². The summed E-state index contributed by atoms with van der Waals surface area (Å²) in [5, 5.41) is 15.1. The summed E-state index contributed by atoms with van der Waals surface area (Å²) < 4.78 is 39.5. The molecule has 127 valence electrons. The van der Waals surface area contributed by atoms with Gasteiger partial charge in [-0.05, 0) is 35.9 Å². The topological polar surface area (TPSA) is 43.6 Å². The Balaban J connectivity index is 1.78. The third-order valence-corrected chi connectivity index (χ3v) is 4.55. The van der Waals surface area contributed by atoms with Crippen molar-refractivity contribution in [3.05, 3.63) is 77.3 Å². The van der Waals surface area contributed by atoms with Crippen molar-refractivity contribution in [3.63, 3.8) is 0 Å². The van der Waals surface area contributed by atoms with Crippen molar-refractivity contribution in [1.29, 1.82) is 0 Å². The lowest BCUT2D eigenvalue weighted by molar-refractivity contribution is -0.305. The van der Waals surface area contributed by atoms with E-state index in [-0.39, 0.29) is 11.4 Å². The van der Waals surface area contributed by atoms with E-state index in [1.165, 1.54) is 17.1 Å². The zero-order valence-corrected chi connectivity index (χ0v) is 14.0. The fraction of sp³-hybridized carbons (Fsp3) is 0.0588. The molecule has 0 unspecified atom stereocenters. The van der Waals surface area contributed by atoms with Crippen LogP contribution in [0.1, 0.15) is 11.1 Å². The molecule has 0 spiro atoms. The molecule has 0 atom stereocenters. The van der Waals surface area contributed by atoms with E-state index in [2.05, 4.69) is 21.5 Å². The molecule has 0 N–H and O–H groups in total. The summed E-state index contributed by atoms with van der Waals surface area (Å²) in [6, 6.07) is 11.8. The van der Waals surface area contributed by atoms with Gasteiger partial charge in [0.1, 0.15) is 0 Å². The predicted molar refractivity (Wildman–Crippen MR) is 88.9 cm³/mol. The highest BCUT2D eigenvalue weighted by Gasteiger charge is 2.34. The molecule has 1 radical (unpaired) electrons. The van der Waals surface area contributed by atoms with Crippen LogP contribution in [0.15, 0.2) is 66.2 Å².